The third-order valence-electron chi connectivity index (χ3n) is 3.32. The highest BCUT2D eigenvalue weighted by atomic mass is 15.2. The molecule has 1 fully saturated rings. The van der Waals surface area contributed by atoms with Gasteiger partial charge in [0.05, 0.1) is 6.07 Å². The van der Waals surface area contributed by atoms with Gasteiger partial charge >= 0.3 is 0 Å². The number of likely N-dealkylation sites (N-methyl/N-ethyl adjacent to an activating group) is 1. The third kappa shape index (κ3) is 4.96. The molecule has 0 aromatic carbocycles. The van der Waals surface area contributed by atoms with Gasteiger partial charge in [-0.3, -0.25) is 5.32 Å². The van der Waals surface area contributed by atoms with Gasteiger partial charge in [-0.25, -0.2) is 0 Å². The first-order valence-electron chi connectivity index (χ1n) is 6.57. The normalized spacial score (nSPS) is 19.4. The van der Waals surface area contributed by atoms with Crippen LogP contribution in [0.2, 0.25) is 0 Å². The second-order valence-corrected chi connectivity index (χ2v) is 4.99. The van der Waals surface area contributed by atoms with Gasteiger partial charge in [-0.2, -0.15) is 5.26 Å². The molecule has 1 aliphatic carbocycles. The summed E-state index contributed by atoms with van der Waals surface area (Å²) in [7, 11) is 0. The van der Waals surface area contributed by atoms with Crippen LogP contribution in [0.25, 0.3) is 0 Å². The fraction of sp³-hybridized carbons (Fsp3) is 0.923. The molecular weight excluding hydrogens is 198 g/mol. The van der Waals surface area contributed by atoms with Gasteiger partial charge < -0.3 is 4.90 Å². The SMILES string of the molecule is CCC(C)CN(CC)CC(C#N)NC1CC1. The molecule has 3 heteroatoms. The summed E-state index contributed by atoms with van der Waals surface area (Å²) in [5.74, 6) is 0.722. The van der Waals surface area contributed by atoms with E-state index in [1.54, 1.807) is 0 Å². The molecule has 2 unspecified atom stereocenters. The van der Waals surface area contributed by atoms with E-state index in [1.165, 1.54) is 19.3 Å². The van der Waals surface area contributed by atoms with Gasteiger partial charge in [0.2, 0.25) is 0 Å². The topological polar surface area (TPSA) is 39.1 Å². The molecule has 3 nitrogen and oxygen atoms in total. The zero-order chi connectivity index (χ0) is 12.0. The second-order valence-electron chi connectivity index (χ2n) is 4.99. The van der Waals surface area contributed by atoms with Crippen molar-refractivity contribution in [2.45, 2.75) is 52.1 Å². The highest BCUT2D eigenvalue weighted by Gasteiger charge is 2.25. The molecule has 0 aliphatic heterocycles. The second kappa shape index (κ2) is 6.88. The van der Waals surface area contributed by atoms with E-state index in [1.807, 2.05) is 0 Å². The van der Waals surface area contributed by atoms with Crippen LogP contribution in [0.4, 0.5) is 0 Å². The Balaban J connectivity index is 2.31. The molecule has 1 rings (SSSR count). The van der Waals surface area contributed by atoms with Crippen molar-refractivity contribution in [3.63, 3.8) is 0 Å². The summed E-state index contributed by atoms with van der Waals surface area (Å²) in [5, 5.41) is 12.5. The average Bonchev–Trinajstić information content (AvgIpc) is 3.10. The van der Waals surface area contributed by atoms with Crippen molar-refractivity contribution in [1.29, 1.82) is 5.26 Å². The van der Waals surface area contributed by atoms with Crippen LogP contribution in [0.15, 0.2) is 0 Å². The standard InChI is InChI=1S/C13H25N3/c1-4-11(3)9-16(5-2)10-13(8-14)15-12-6-7-12/h11-13,15H,4-7,9-10H2,1-3H3. The van der Waals surface area contributed by atoms with E-state index in [0.29, 0.717) is 6.04 Å². The van der Waals surface area contributed by atoms with Crippen molar-refractivity contribution in [3.8, 4) is 6.07 Å². The van der Waals surface area contributed by atoms with E-state index in [0.717, 1.165) is 25.6 Å². The highest BCUT2D eigenvalue weighted by Crippen LogP contribution is 2.19. The van der Waals surface area contributed by atoms with E-state index in [2.05, 4.69) is 37.1 Å². The van der Waals surface area contributed by atoms with Crippen LogP contribution in [0.3, 0.4) is 0 Å². The van der Waals surface area contributed by atoms with Crippen molar-refractivity contribution in [2.75, 3.05) is 19.6 Å². The van der Waals surface area contributed by atoms with Gasteiger partial charge in [0.25, 0.3) is 0 Å². The number of nitriles is 1. The summed E-state index contributed by atoms with van der Waals surface area (Å²) in [6.07, 6.45) is 3.70. The molecule has 1 aliphatic rings. The van der Waals surface area contributed by atoms with Crippen LogP contribution in [0, 0.1) is 17.2 Å². The molecule has 16 heavy (non-hydrogen) atoms. The molecule has 1 N–H and O–H groups in total. The van der Waals surface area contributed by atoms with Gasteiger partial charge in [0.15, 0.2) is 0 Å². The molecule has 0 bridgehead atoms. The Morgan fingerprint density at radius 3 is 2.50 bits per heavy atom. The minimum atomic E-state index is 0.0107. The summed E-state index contributed by atoms with van der Waals surface area (Å²) in [5.41, 5.74) is 0. The van der Waals surface area contributed by atoms with Gasteiger partial charge in [-0.1, -0.05) is 27.2 Å². The lowest BCUT2D eigenvalue weighted by molar-refractivity contribution is 0.232. The Morgan fingerprint density at radius 2 is 2.06 bits per heavy atom. The molecule has 1 saturated carbocycles. The largest absolute Gasteiger partial charge is 0.301 e. The van der Waals surface area contributed by atoms with Gasteiger partial charge in [-0.15, -0.1) is 0 Å². The smallest absolute Gasteiger partial charge is 0.108 e. The predicted molar refractivity (Wildman–Crippen MR) is 67.1 cm³/mol. The Morgan fingerprint density at radius 1 is 1.38 bits per heavy atom. The summed E-state index contributed by atoms with van der Waals surface area (Å²) < 4.78 is 0. The van der Waals surface area contributed by atoms with Crippen LogP contribution >= 0.6 is 0 Å². The van der Waals surface area contributed by atoms with Crippen LogP contribution in [-0.2, 0) is 0 Å². The lowest BCUT2D eigenvalue weighted by Gasteiger charge is -2.26. The minimum absolute atomic E-state index is 0.0107. The molecular formula is C13H25N3. The average molecular weight is 223 g/mol. The van der Waals surface area contributed by atoms with E-state index in [9.17, 15) is 0 Å². The fourth-order valence-corrected chi connectivity index (χ4v) is 1.83. The fourth-order valence-electron chi connectivity index (χ4n) is 1.83. The molecule has 92 valence electrons. The first-order chi connectivity index (χ1) is 7.69. The first kappa shape index (κ1) is 13.5. The number of hydrogen-bond acceptors (Lipinski definition) is 3. The molecule has 0 heterocycles. The maximum absolute atomic E-state index is 9.10. The lowest BCUT2D eigenvalue weighted by Crippen LogP contribution is -2.42. The van der Waals surface area contributed by atoms with Gasteiger partial charge in [-0.05, 0) is 25.3 Å². The zero-order valence-corrected chi connectivity index (χ0v) is 10.9. The van der Waals surface area contributed by atoms with Crippen LogP contribution in [0.5, 0.6) is 0 Å². The maximum Gasteiger partial charge on any atom is 0.108 e. The summed E-state index contributed by atoms with van der Waals surface area (Å²) in [6, 6.07) is 3.00. The van der Waals surface area contributed by atoms with Crippen LogP contribution in [-0.4, -0.2) is 36.6 Å². The predicted octanol–water partition coefficient (Wildman–Crippen LogP) is 2.00. The van der Waals surface area contributed by atoms with E-state index in [-0.39, 0.29) is 6.04 Å². The zero-order valence-electron chi connectivity index (χ0n) is 10.9. The van der Waals surface area contributed by atoms with E-state index >= 15 is 0 Å². The third-order valence-corrected chi connectivity index (χ3v) is 3.32. The Hall–Kier alpha value is -0.590. The lowest BCUT2D eigenvalue weighted by atomic mass is 10.1. The van der Waals surface area contributed by atoms with Crippen molar-refractivity contribution in [1.82, 2.24) is 10.2 Å². The van der Waals surface area contributed by atoms with Gasteiger partial charge in [0.1, 0.15) is 6.04 Å². The maximum atomic E-state index is 9.10. The highest BCUT2D eigenvalue weighted by molar-refractivity contribution is 4.97. The van der Waals surface area contributed by atoms with Crippen molar-refractivity contribution in [2.24, 2.45) is 5.92 Å². The molecule has 0 saturated heterocycles. The molecule has 0 spiro atoms. The Kier molecular flexibility index (Phi) is 5.79. The summed E-state index contributed by atoms with van der Waals surface area (Å²) in [6.45, 7) is 9.69. The number of hydrogen-bond donors (Lipinski definition) is 1. The number of rotatable bonds is 8. The van der Waals surface area contributed by atoms with E-state index in [4.69, 9.17) is 5.26 Å². The summed E-state index contributed by atoms with van der Waals surface area (Å²) >= 11 is 0. The molecule has 0 amide bonds. The number of nitrogens with zero attached hydrogens (tertiary/aromatic N) is 2. The van der Waals surface area contributed by atoms with Crippen molar-refractivity contribution >= 4 is 0 Å². The van der Waals surface area contributed by atoms with Crippen LogP contribution in [0.1, 0.15) is 40.0 Å². The monoisotopic (exact) mass is 223 g/mol. The first-order valence-corrected chi connectivity index (χ1v) is 6.57. The molecule has 0 radical (unpaired) electrons. The van der Waals surface area contributed by atoms with Crippen molar-refractivity contribution < 1.29 is 0 Å². The minimum Gasteiger partial charge on any atom is -0.301 e. The Bertz CT molecular complexity index is 230. The van der Waals surface area contributed by atoms with Crippen LogP contribution < -0.4 is 5.32 Å². The Labute approximate surface area is 99.8 Å². The molecule has 0 aromatic rings. The van der Waals surface area contributed by atoms with Crippen molar-refractivity contribution in [3.05, 3.63) is 0 Å². The quantitative estimate of drug-likeness (QED) is 0.684. The molecule has 2 atom stereocenters. The number of nitrogens with one attached hydrogen (secondary N) is 1. The summed E-state index contributed by atoms with van der Waals surface area (Å²) in [4.78, 5) is 2.39. The molecule has 0 aromatic heterocycles. The van der Waals surface area contributed by atoms with Gasteiger partial charge in [0, 0.05) is 19.1 Å². The van der Waals surface area contributed by atoms with E-state index < -0.39 is 0 Å².